The second kappa shape index (κ2) is 7.02. The van der Waals surface area contributed by atoms with Crippen molar-refractivity contribution in [2.45, 2.75) is 0 Å². The summed E-state index contributed by atoms with van der Waals surface area (Å²) in [4.78, 5) is 16.4. The van der Waals surface area contributed by atoms with Crippen molar-refractivity contribution in [3.8, 4) is 0 Å². The largest absolute Gasteiger partial charge is 0.444 e. The fourth-order valence-corrected chi connectivity index (χ4v) is 2.27. The van der Waals surface area contributed by atoms with Gasteiger partial charge in [-0.2, -0.15) is 5.10 Å². The second-order valence-corrected chi connectivity index (χ2v) is 5.37. The topological polar surface area (TPSA) is 67.5 Å². The molecule has 6 heteroatoms. The Kier molecular flexibility index (Phi) is 4.63. The fraction of sp³-hybridized carbons (Fsp3) is 0. The molecule has 3 aromatic rings. The Morgan fingerprint density at radius 1 is 1.04 bits per heavy atom. The quantitative estimate of drug-likeness (QED) is 0.564. The van der Waals surface area contributed by atoms with Gasteiger partial charge in [-0.3, -0.25) is 9.78 Å². The highest BCUT2D eigenvalue weighted by atomic mass is 79.9. The average molecular weight is 370 g/mol. The number of hydrazone groups is 1. The van der Waals surface area contributed by atoms with Gasteiger partial charge in [0.15, 0.2) is 10.4 Å². The molecule has 0 fully saturated rings. The molecule has 0 atom stereocenters. The molecule has 1 aromatic carbocycles. The zero-order chi connectivity index (χ0) is 16.1. The molecule has 23 heavy (non-hydrogen) atoms. The molecule has 1 amide bonds. The van der Waals surface area contributed by atoms with E-state index in [2.05, 4.69) is 31.4 Å². The number of halogens is 1. The number of carbonyl (C=O) groups excluding carboxylic acids is 1. The van der Waals surface area contributed by atoms with E-state index in [-0.39, 0.29) is 5.76 Å². The minimum absolute atomic E-state index is 0.175. The van der Waals surface area contributed by atoms with Crippen LogP contribution >= 0.6 is 15.9 Å². The Hall–Kier alpha value is -2.73. The van der Waals surface area contributed by atoms with Gasteiger partial charge in [-0.15, -0.1) is 0 Å². The molecule has 0 spiro atoms. The molecule has 114 valence electrons. The van der Waals surface area contributed by atoms with Gasteiger partial charge in [-0.25, -0.2) is 5.43 Å². The lowest BCUT2D eigenvalue weighted by molar-refractivity contribution is 0.0926. The molecule has 2 aromatic heterocycles. The lowest BCUT2D eigenvalue weighted by Crippen LogP contribution is -2.20. The Labute approximate surface area is 141 Å². The maximum atomic E-state index is 12.1. The third-order valence-corrected chi connectivity index (χ3v) is 3.45. The summed E-state index contributed by atoms with van der Waals surface area (Å²) in [6.45, 7) is 0. The molecular weight excluding hydrogens is 358 g/mol. The van der Waals surface area contributed by atoms with Crippen LogP contribution in [0.2, 0.25) is 0 Å². The maximum Gasteiger partial charge on any atom is 0.307 e. The zero-order valence-corrected chi connectivity index (χ0v) is 13.5. The van der Waals surface area contributed by atoms with Crippen LogP contribution in [0.4, 0.5) is 0 Å². The van der Waals surface area contributed by atoms with Gasteiger partial charge in [0, 0.05) is 11.8 Å². The van der Waals surface area contributed by atoms with E-state index in [1.807, 2.05) is 48.5 Å². The van der Waals surface area contributed by atoms with Crippen LogP contribution in [0.1, 0.15) is 21.8 Å². The minimum Gasteiger partial charge on any atom is -0.444 e. The number of furan rings is 1. The van der Waals surface area contributed by atoms with Crippen molar-refractivity contribution < 1.29 is 9.21 Å². The van der Waals surface area contributed by atoms with Gasteiger partial charge in [0.25, 0.3) is 0 Å². The Balaban J connectivity index is 1.91. The molecule has 1 N–H and O–H groups in total. The molecule has 0 radical (unpaired) electrons. The molecule has 0 aliphatic carbocycles. The SMILES string of the molecule is O=C(N/N=C(\c1ccccc1)c1ccccn1)c1ccc(Br)o1. The van der Waals surface area contributed by atoms with Crippen LogP contribution < -0.4 is 5.43 Å². The molecule has 0 aliphatic heterocycles. The van der Waals surface area contributed by atoms with Gasteiger partial charge in [-0.05, 0) is 40.2 Å². The summed E-state index contributed by atoms with van der Waals surface area (Å²) in [5.74, 6) is -0.255. The number of carbonyl (C=O) groups is 1. The molecule has 0 unspecified atom stereocenters. The highest BCUT2D eigenvalue weighted by Gasteiger charge is 2.12. The van der Waals surface area contributed by atoms with Crippen LogP contribution in [-0.2, 0) is 0 Å². The number of nitrogens with one attached hydrogen (secondary N) is 1. The van der Waals surface area contributed by atoms with E-state index in [4.69, 9.17) is 4.42 Å². The van der Waals surface area contributed by atoms with Crippen molar-refractivity contribution in [2.75, 3.05) is 0 Å². The van der Waals surface area contributed by atoms with Crippen LogP contribution in [0, 0.1) is 0 Å². The summed E-state index contributed by atoms with van der Waals surface area (Å²) >= 11 is 3.16. The number of aromatic nitrogens is 1. The Morgan fingerprint density at radius 2 is 1.83 bits per heavy atom. The molecule has 2 heterocycles. The van der Waals surface area contributed by atoms with Crippen LogP contribution in [0.15, 0.2) is 81.0 Å². The first-order valence-corrected chi connectivity index (χ1v) is 7.63. The molecule has 0 bridgehead atoms. The minimum atomic E-state index is -0.430. The highest BCUT2D eigenvalue weighted by Crippen LogP contribution is 2.14. The number of rotatable bonds is 4. The van der Waals surface area contributed by atoms with Gasteiger partial charge < -0.3 is 4.42 Å². The van der Waals surface area contributed by atoms with Crippen LogP contribution in [0.5, 0.6) is 0 Å². The average Bonchev–Trinajstić information content (AvgIpc) is 3.03. The van der Waals surface area contributed by atoms with Crippen LogP contribution in [0.25, 0.3) is 0 Å². The lowest BCUT2D eigenvalue weighted by Gasteiger charge is -2.06. The number of hydrogen-bond acceptors (Lipinski definition) is 4. The predicted octanol–water partition coefficient (Wildman–Crippen LogP) is 3.62. The third-order valence-electron chi connectivity index (χ3n) is 3.02. The number of hydrogen-bond donors (Lipinski definition) is 1. The number of nitrogens with zero attached hydrogens (tertiary/aromatic N) is 2. The van der Waals surface area contributed by atoms with E-state index < -0.39 is 5.91 Å². The van der Waals surface area contributed by atoms with E-state index in [9.17, 15) is 4.79 Å². The van der Waals surface area contributed by atoms with Gasteiger partial charge in [-0.1, -0.05) is 36.4 Å². The van der Waals surface area contributed by atoms with Crippen molar-refractivity contribution in [3.05, 3.63) is 88.5 Å². The predicted molar refractivity (Wildman–Crippen MR) is 90.2 cm³/mol. The summed E-state index contributed by atoms with van der Waals surface area (Å²) in [7, 11) is 0. The summed E-state index contributed by atoms with van der Waals surface area (Å²) in [6.07, 6.45) is 1.68. The second-order valence-electron chi connectivity index (χ2n) is 4.59. The van der Waals surface area contributed by atoms with Crippen molar-refractivity contribution in [1.82, 2.24) is 10.4 Å². The number of benzene rings is 1. The first kappa shape index (κ1) is 15.2. The van der Waals surface area contributed by atoms with Crippen LogP contribution in [0.3, 0.4) is 0 Å². The number of amides is 1. The first-order valence-electron chi connectivity index (χ1n) is 6.84. The molecule has 0 aliphatic rings. The number of pyridine rings is 1. The van der Waals surface area contributed by atoms with Crippen molar-refractivity contribution in [1.29, 1.82) is 0 Å². The Bertz CT molecular complexity index is 788. The monoisotopic (exact) mass is 369 g/mol. The maximum absolute atomic E-state index is 12.1. The first-order chi connectivity index (χ1) is 11.2. The summed E-state index contributed by atoms with van der Waals surface area (Å²) in [5.41, 5.74) is 4.60. The molecule has 0 saturated carbocycles. The smallest absolute Gasteiger partial charge is 0.307 e. The van der Waals surface area contributed by atoms with Gasteiger partial charge in [0.2, 0.25) is 0 Å². The van der Waals surface area contributed by atoms with Crippen molar-refractivity contribution in [2.24, 2.45) is 5.10 Å². The zero-order valence-electron chi connectivity index (χ0n) is 11.9. The summed E-state index contributed by atoms with van der Waals surface area (Å²) in [6, 6.07) is 18.3. The highest BCUT2D eigenvalue weighted by molar-refractivity contribution is 9.10. The van der Waals surface area contributed by atoms with Gasteiger partial charge >= 0.3 is 5.91 Å². The normalized spacial score (nSPS) is 11.3. The lowest BCUT2D eigenvalue weighted by atomic mass is 10.1. The van der Waals surface area contributed by atoms with E-state index in [1.165, 1.54) is 0 Å². The molecule has 0 saturated heterocycles. The molecule has 5 nitrogen and oxygen atoms in total. The van der Waals surface area contributed by atoms with Crippen molar-refractivity contribution in [3.63, 3.8) is 0 Å². The molecular formula is C17H12BrN3O2. The van der Waals surface area contributed by atoms with Crippen LogP contribution in [-0.4, -0.2) is 16.6 Å². The van der Waals surface area contributed by atoms with Gasteiger partial charge in [0.05, 0.1) is 5.69 Å². The summed E-state index contributed by atoms with van der Waals surface area (Å²) in [5, 5.41) is 4.23. The van der Waals surface area contributed by atoms with E-state index >= 15 is 0 Å². The van der Waals surface area contributed by atoms with Gasteiger partial charge in [0.1, 0.15) is 5.71 Å². The van der Waals surface area contributed by atoms with E-state index in [0.717, 1.165) is 5.56 Å². The molecule has 3 rings (SSSR count). The van der Waals surface area contributed by atoms with E-state index in [0.29, 0.717) is 16.1 Å². The summed E-state index contributed by atoms with van der Waals surface area (Å²) < 4.78 is 5.69. The third kappa shape index (κ3) is 3.73. The van der Waals surface area contributed by atoms with E-state index in [1.54, 1.807) is 18.3 Å². The fourth-order valence-electron chi connectivity index (χ4n) is 1.97. The van der Waals surface area contributed by atoms with Crippen molar-refractivity contribution >= 4 is 27.5 Å². The standard InChI is InChI=1S/C17H12BrN3O2/c18-15-10-9-14(23-15)17(22)21-20-16(12-6-2-1-3-7-12)13-8-4-5-11-19-13/h1-11H,(H,21,22)/b20-16+. The Morgan fingerprint density at radius 3 is 2.48 bits per heavy atom.